The number of nitrogens with zero attached hydrogens (tertiary/aromatic N) is 3. The van der Waals surface area contributed by atoms with Gasteiger partial charge >= 0.3 is 12.2 Å². The summed E-state index contributed by atoms with van der Waals surface area (Å²) in [4.78, 5) is 30.7. The van der Waals surface area contributed by atoms with Gasteiger partial charge in [0.2, 0.25) is 0 Å². The van der Waals surface area contributed by atoms with Crippen molar-refractivity contribution >= 4 is 12.2 Å². The molecule has 2 amide bonds. The summed E-state index contributed by atoms with van der Waals surface area (Å²) in [5.41, 5.74) is 0.551. The van der Waals surface area contributed by atoms with E-state index in [1.54, 1.807) is 0 Å². The number of hydrogen-bond acceptors (Lipinski definition) is 5. The van der Waals surface area contributed by atoms with Gasteiger partial charge in [-0.15, -0.1) is 0 Å². The van der Waals surface area contributed by atoms with E-state index < -0.39 is 5.60 Å². The predicted octanol–water partition coefficient (Wildman–Crippen LogP) is 3.09. The van der Waals surface area contributed by atoms with Crippen molar-refractivity contribution in [1.29, 1.82) is 0 Å². The first-order valence-electron chi connectivity index (χ1n) is 10.5. The molecule has 4 rings (SSSR count). The Kier molecular flexibility index (Phi) is 5.42. The Hall–Kier alpha value is -2.28. The second kappa shape index (κ2) is 7.86. The third-order valence-electron chi connectivity index (χ3n) is 6.08. The number of piperazine rings is 1. The zero-order chi connectivity index (χ0) is 20.6. The first-order chi connectivity index (χ1) is 13.8. The van der Waals surface area contributed by atoms with Crippen molar-refractivity contribution in [2.75, 3.05) is 26.2 Å². The lowest BCUT2D eigenvalue weighted by molar-refractivity contribution is -0.142. The highest BCUT2D eigenvalue weighted by Gasteiger charge is 2.56. The quantitative estimate of drug-likeness (QED) is 0.779. The average molecular weight is 402 g/mol. The molecule has 0 aliphatic carbocycles. The van der Waals surface area contributed by atoms with Gasteiger partial charge in [-0.2, -0.15) is 0 Å². The maximum atomic E-state index is 12.3. The summed E-state index contributed by atoms with van der Waals surface area (Å²) in [5, 5.41) is 0. The van der Waals surface area contributed by atoms with Crippen LogP contribution >= 0.6 is 0 Å². The number of hydrogen-bond donors (Lipinski definition) is 0. The number of fused-ring (bicyclic) bond motifs is 1. The number of rotatable bonds is 3. The summed E-state index contributed by atoms with van der Waals surface area (Å²) in [6, 6.07) is 11.0. The number of amides is 2. The summed E-state index contributed by atoms with van der Waals surface area (Å²) in [5.74, 6) is 0. The third kappa shape index (κ3) is 4.34. The lowest BCUT2D eigenvalue weighted by atomic mass is 9.82. The van der Waals surface area contributed by atoms with E-state index in [1.807, 2.05) is 60.9 Å². The zero-order valence-electron chi connectivity index (χ0n) is 17.5. The Morgan fingerprint density at radius 3 is 2.28 bits per heavy atom. The molecule has 1 aromatic rings. The Labute approximate surface area is 172 Å². The van der Waals surface area contributed by atoms with E-state index >= 15 is 0 Å². The van der Waals surface area contributed by atoms with Gasteiger partial charge in [-0.05, 0) is 39.2 Å². The second-order valence-corrected chi connectivity index (χ2v) is 9.22. The molecule has 0 aromatic heterocycles. The molecule has 0 radical (unpaired) electrons. The number of carbonyl (C=O) groups excluding carboxylic acids is 2. The summed E-state index contributed by atoms with van der Waals surface area (Å²) < 4.78 is 10.9. The highest BCUT2D eigenvalue weighted by atomic mass is 16.6. The molecule has 0 spiro atoms. The molecule has 0 N–H and O–H groups in total. The topological polar surface area (TPSA) is 62.3 Å². The van der Waals surface area contributed by atoms with Crippen LogP contribution in [0.1, 0.15) is 39.2 Å². The van der Waals surface area contributed by atoms with Gasteiger partial charge in [0.25, 0.3) is 0 Å². The van der Waals surface area contributed by atoms with Crippen LogP contribution in [0, 0.1) is 0 Å². The fourth-order valence-electron chi connectivity index (χ4n) is 4.43. The molecule has 3 saturated heterocycles. The third-order valence-corrected chi connectivity index (χ3v) is 6.08. The smallest absolute Gasteiger partial charge is 0.410 e. The van der Waals surface area contributed by atoms with Crippen molar-refractivity contribution in [1.82, 2.24) is 14.7 Å². The van der Waals surface area contributed by atoms with E-state index in [2.05, 4.69) is 4.90 Å². The molecule has 7 nitrogen and oxygen atoms in total. The fraction of sp³-hybridized carbons (Fsp3) is 0.636. The van der Waals surface area contributed by atoms with E-state index in [4.69, 9.17) is 9.47 Å². The van der Waals surface area contributed by atoms with Crippen molar-refractivity contribution < 1.29 is 19.1 Å². The van der Waals surface area contributed by atoms with Gasteiger partial charge in [-0.25, -0.2) is 9.59 Å². The van der Waals surface area contributed by atoms with Gasteiger partial charge in [0.05, 0.1) is 6.04 Å². The van der Waals surface area contributed by atoms with Crippen LogP contribution in [0.25, 0.3) is 0 Å². The second-order valence-electron chi connectivity index (χ2n) is 9.22. The molecule has 1 aromatic carbocycles. The van der Waals surface area contributed by atoms with Crippen LogP contribution < -0.4 is 0 Å². The molecule has 3 fully saturated rings. The number of carbonyl (C=O) groups is 2. The van der Waals surface area contributed by atoms with Gasteiger partial charge in [-0.3, -0.25) is 4.90 Å². The first-order valence-corrected chi connectivity index (χ1v) is 10.5. The van der Waals surface area contributed by atoms with Crippen LogP contribution in [0.15, 0.2) is 30.3 Å². The number of benzene rings is 1. The predicted molar refractivity (Wildman–Crippen MR) is 108 cm³/mol. The molecule has 3 aliphatic rings. The summed E-state index contributed by atoms with van der Waals surface area (Å²) in [6.45, 7) is 9.11. The highest BCUT2D eigenvalue weighted by Crippen LogP contribution is 2.38. The largest absolute Gasteiger partial charge is 0.445 e. The Morgan fingerprint density at radius 1 is 1.00 bits per heavy atom. The molecular weight excluding hydrogens is 370 g/mol. The standard InChI is InChI=1S/C22H31N3O4/c1-22(2,3)29-21(27)25-14-18-19(25)13-24(18)17-9-11-23(12-10-17)20(26)28-15-16-7-5-4-6-8-16/h4-8,17-19H,9-15H2,1-3H3/t18-,19?/m1/s1. The maximum Gasteiger partial charge on any atom is 0.410 e. The lowest BCUT2D eigenvalue weighted by Gasteiger charge is -2.64. The highest BCUT2D eigenvalue weighted by molar-refractivity contribution is 5.70. The van der Waals surface area contributed by atoms with Gasteiger partial charge in [0, 0.05) is 38.3 Å². The van der Waals surface area contributed by atoms with E-state index in [1.165, 1.54) is 0 Å². The molecule has 0 bridgehead atoms. The normalized spacial score (nSPS) is 24.9. The molecule has 3 heterocycles. The minimum atomic E-state index is -0.451. The maximum absolute atomic E-state index is 12.3. The van der Waals surface area contributed by atoms with E-state index in [0.29, 0.717) is 24.7 Å². The number of ether oxygens (including phenoxy) is 2. The van der Waals surface area contributed by atoms with E-state index in [0.717, 1.165) is 44.6 Å². The Morgan fingerprint density at radius 2 is 1.69 bits per heavy atom. The van der Waals surface area contributed by atoms with E-state index in [9.17, 15) is 9.59 Å². The summed E-state index contributed by atoms with van der Waals surface area (Å²) in [6.07, 6.45) is 1.48. The molecular formula is C22H31N3O4. The van der Waals surface area contributed by atoms with E-state index in [-0.39, 0.29) is 12.2 Å². The molecule has 29 heavy (non-hydrogen) atoms. The van der Waals surface area contributed by atoms with Crippen LogP contribution in [-0.2, 0) is 16.1 Å². The molecule has 2 atom stereocenters. The van der Waals surface area contributed by atoms with Gasteiger partial charge in [0.1, 0.15) is 12.2 Å². The van der Waals surface area contributed by atoms with Crippen LogP contribution in [0.5, 0.6) is 0 Å². The van der Waals surface area contributed by atoms with Crippen molar-refractivity contribution in [3.8, 4) is 0 Å². The molecule has 3 aliphatic heterocycles. The molecule has 7 heteroatoms. The SMILES string of the molecule is CC(C)(C)OC(=O)N1C[C@@H]2C1CN2C1CCN(C(=O)OCc2ccccc2)CC1. The lowest BCUT2D eigenvalue weighted by Crippen LogP contribution is -2.81. The van der Waals surface area contributed by atoms with Crippen molar-refractivity contribution in [2.45, 2.75) is 63.9 Å². The van der Waals surface area contributed by atoms with Crippen LogP contribution in [0.2, 0.25) is 0 Å². The van der Waals surface area contributed by atoms with Crippen molar-refractivity contribution in [3.05, 3.63) is 35.9 Å². The molecule has 0 saturated carbocycles. The summed E-state index contributed by atoms with van der Waals surface area (Å²) in [7, 11) is 0. The first kappa shape index (κ1) is 20.0. The van der Waals surface area contributed by atoms with Crippen LogP contribution in [-0.4, -0.2) is 76.8 Å². The Balaban J connectivity index is 1.18. The minimum Gasteiger partial charge on any atom is -0.445 e. The van der Waals surface area contributed by atoms with Crippen molar-refractivity contribution in [3.63, 3.8) is 0 Å². The molecule has 158 valence electrons. The number of likely N-dealkylation sites (tertiary alicyclic amines) is 3. The van der Waals surface area contributed by atoms with Crippen LogP contribution in [0.4, 0.5) is 9.59 Å². The minimum absolute atomic E-state index is 0.200. The van der Waals surface area contributed by atoms with Crippen molar-refractivity contribution in [2.24, 2.45) is 0 Å². The number of piperidine rings is 1. The zero-order valence-corrected chi connectivity index (χ0v) is 17.5. The van der Waals surface area contributed by atoms with Gasteiger partial charge < -0.3 is 19.3 Å². The average Bonchev–Trinajstić information content (AvgIpc) is 2.67. The Bertz CT molecular complexity index is 740. The molecule has 1 unspecified atom stereocenters. The van der Waals surface area contributed by atoms with Gasteiger partial charge in [0.15, 0.2) is 0 Å². The van der Waals surface area contributed by atoms with Crippen LogP contribution in [0.3, 0.4) is 0 Å². The monoisotopic (exact) mass is 401 g/mol. The summed E-state index contributed by atoms with van der Waals surface area (Å²) >= 11 is 0. The van der Waals surface area contributed by atoms with Gasteiger partial charge in [-0.1, -0.05) is 30.3 Å². The fourth-order valence-corrected chi connectivity index (χ4v) is 4.43.